The first kappa shape index (κ1) is 16.3. The van der Waals surface area contributed by atoms with Gasteiger partial charge < -0.3 is 14.6 Å². The van der Waals surface area contributed by atoms with Crippen molar-refractivity contribution >= 4 is 34.0 Å². The van der Waals surface area contributed by atoms with Crippen molar-refractivity contribution in [3.63, 3.8) is 0 Å². The van der Waals surface area contributed by atoms with Crippen molar-refractivity contribution in [2.24, 2.45) is 7.05 Å². The number of anilines is 1. The van der Waals surface area contributed by atoms with Crippen LogP contribution in [0.15, 0.2) is 54.2 Å². The average Bonchev–Trinajstić information content (AvgIpc) is 3.27. The molecule has 0 saturated carbocycles. The molecule has 4 aromatic rings. The number of fused-ring (bicyclic) bond motifs is 1. The van der Waals surface area contributed by atoms with Crippen LogP contribution in [0.5, 0.6) is 5.75 Å². The second-order valence-corrected chi connectivity index (χ2v) is 6.61. The van der Waals surface area contributed by atoms with Crippen LogP contribution < -0.4 is 10.1 Å². The molecule has 26 heavy (non-hydrogen) atoms. The first-order valence-corrected chi connectivity index (χ1v) is 8.85. The molecule has 130 valence electrons. The summed E-state index contributed by atoms with van der Waals surface area (Å²) in [7, 11) is 3.54. The van der Waals surface area contributed by atoms with Crippen LogP contribution in [0.4, 0.5) is 5.69 Å². The van der Waals surface area contributed by atoms with Crippen LogP contribution >= 0.6 is 11.3 Å². The highest BCUT2D eigenvalue weighted by Gasteiger charge is 2.16. The molecule has 0 unspecified atom stereocenters. The van der Waals surface area contributed by atoms with Crippen molar-refractivity contribution in [2.75, 3.05) is 12.4 Å². The lowest BCUT2D eigenvalue weighted by atomic mass is 10.2. The first-order valence-electron chi connectivity index (χ1n) is 7.97. The molecule has 6 nitrogen and oxygen atoms in total. The van der Waals surface area contributed by atoms with E-state index in [4.69, 9.17) is 4.74 Å². The van der Waals surface area contributed by atoms with Crippen LogP contribution in [0, 0.1) is 0 Å². The van der Waals surface area contributed by atoms with Gasteiger partial charge in [0.2, 0.25) is 0 Å². The van der Waals surface area contributed by atoms with Crippen LogP contribution in [-0.2, 0) is 7.05 Å². The fourth-order valence-electron chi connectivity index (χ4n) is 2.78. The van der Waals surface area contributed by atoms with E-state index in [1.807, 2.05) is 48.1 Å². The number of aryl methyl sites for hydroxylation is 1. The van der Waals surface area contributed by atoms with Gasteiger partial charge in [0.1, 0.15) is 22.1 Å². The Kier molecular flexibility index (Phi) is 4.14. The summed E-state index contributed by atoms with van der Waals surface area (Å²) in [5.41, 5.74) is 2.91. The number of nitrogens with one attached hydrogen (secondary N) is 1. The summed E-state index contributed by atoms with van der Waals surface area (Å²) in [5, 5.41) is 6.42. The quantitative estimate of drug-likeness (QED) is 0.595. The number of rotatable bonds is 4. The van der Waals surface area contributed by atoms with Gasteiger partial charge in [-0.2, -0.15) is 0 Å². The zero-order chi connectivity index (χ0) is 18.1. The standard InChI is InChI=1S/C19H16N4O2S/c1-23-10-15(14-7-4-8-20-17(14)23)19-22-16(11-26-19)18(24)21-12-5-3-6-13(9-12)25-2/h3-11H,1-2H3,(H,21,24). The van der Waals surface area contributed by atoms with Gasteiger partial charge in [0, 0.05) is 47.5 Å². The van der Waals surface area contributed by atoms with Crippen LogP contribution in [0.25, 0.3) is 21.6 Å². The van der Waals surface area contributed by atoms with E-state index < -0.39 is 0 Å². The summed E-state index contributed by atoms with van der Waals surface area (Å²) < 4.78 is 7.13. The van der Waals surface area contributed by atoms with Crippen LogP contribution in [-0.4, -0.2) is 27.6 Å². The molecule has 1 amide bonds. The Morgan fingerprint density at radius 1 is 1.27 bits per heavy atom. The Balaban J connectivity index is 1.62. The number of amides is 1. The number of carbonyl (C=O) groups is 1. The molecule has 0 aliphatic heterocycles. The normalized spacial score (nSPS) is 10.8. The molecule has 4 rings (SSSR count). The van der Waals surface area contributed by atoms with Gasteiger partial charge >= 0.3 is 0 Å². The summed E-state index contributed by atoms with van der Waals surface area (Å²) >= 11 is 1.44. The van der Waals surface area contributed by atoms with E-state index in [0.717, 1.165) is 21.6 Å². The van der Waals surface area contributed by atoms with Gasteiger partial charge in [0.25, 0.3) is 5.91 Å². The Morgan fingerprint density at radius 3 is 3.00 bits per heavy atom. The van der Waals surface area contributed by atoms with Gasteiger partial charge in [0.05, 0.1) is 7.11 Å². The van der Waals surface area contributed by atoms with Crippen LogP contribution in [0.1, 0.15) is 10.5 Å². The van der Waals surface area contributed by atoms with Gasteiger partial charge in [-0.25, -0.2) is 9.97 Å². The summed E-state index contributed by atoms with van der Waals surface area (Å²) in [4.78, 5) is 21.4. The monoisotopic (exact) mass is 364 g/mol. The Morgan fingerprint density at radius 2 is 2.15 bits per heavy atom. The van der Waals surface area contributed by atoms with Crippen molar-refractivity contribution in [3.05, 3.63) is 59.9 Å². The summed E-state index contributed by atoms with van der Waals surface area (Å²) in [6.07, 6.45) is 3.75. The molecular formula is C19H16N4O2S. The molecule has 0 saturated heterocycles. The summed E-state index contributed by atoms with van der Waals surface area (Å²) in [6.45, 7) is 0. The van der Waals surface area contributed by atoms with Gasteiger partial charge in [-0.15, -0.1) is 11.3 Å². The van der Waals surface area contributed by atoms with Gasteiger partial charge in [-0.3, -0.25) is 4.79 Å². The largest absolute Gasteiger partial charge is 0.497 e. The molecule has 0 aliphatic rings. The number of hydrogen-bond donors (Lipinski definition) is 1. The van der Waals surface area contributed by atoms with Gasteiger partial charge in [-0.05, 0) is 24.3 Å². The lowest BCUT2D eigenvalue weighted by molar-refractivity contribution is 0.102. The summed E-state index contributed by atoms with van der Waals surface area (Å²) in [6, 6.07) is 11.1. The SMILES string of the molecule is COc1cccc(NC(=O)c2csc(-c3cn(C)c4ncccc34)n2)c1. The second kappa shape index (κ2) is 6.61. The van der Waals surface area contributed by atoms with E-state index >= 15 is 0 Å². The molecule has 0 radical (unpaired) electrons. The minimum atomic E-state index is -0.251. The number of aromatic nitrogens is 3. The predicted molar refractivity (Wildman–Crippen MR) is 103 cm³/mol. The van der Waals surface area contributed by atoms with Crippen molar-refractivity contribution < 1.29 is 9.53 Å². The molecule has 0 atom stereocenters. The van der Waals surface area contributed by atoms with Crippen molar-refractivity contribution in [1.82, 2.24) is 14.5 Å². The van der Waals surface area contributed by atoms with E-state index in [-0.39, 0.29) is 5.91 Å². The molecule has 0 spiro atoms. The van der Waals surface area contributed by atoms with Crippen molar-refractivity contribution in [1.29, 1.82) is 0 Å². The third kappa shape index (κ3) is 2.93. The molecule has 7 heteroatoms. The molecule has 1 N–H and O–H groups in total. The van der Waals surface area contributed by atoms with Crippen molar-refractivity contribution in [3.8, 4) is 16.3 Å². The Hall–Kier alpha value is -3.19. The maximum Gasteiger partial charge on any atom is 0.275 e. The highest BCUT2D eigenvalue weighted by molar-refractivity contribution is 7.13. The molecule has 0 fully saturated rings. The molecule has 3 heterocycles. The number of carbonyl (C=O) groups excluding carboxylic acids is 1. The van der Waals surface area contributed by atoms with Gasteiger partial charge in [0.15, 0.2) is 0 Å². The molecule has 3 aromatic heterocycles. The number of nitrogens with zero attached hydrogens (tertiary/aromatic N) is 3. The first-order chi connectivity index (χ1) is 12.7. The third-order valence-electron chi connectivity index (χ3n) is 4.03. The smallest absolute Gasteiger partial charge is 0.275 e. The zero-order valence-corrected chi connectivity index (χ0v) is 15.1. The zero-order valence-electron chi connectivity index (χ0n) is 14.3. The van der Waals surface area contributed by atoms with E-state index in [1.54, 1.807) is 24.8 Å². The minimum Gasteiger partial charge on any atom is -0.497 e. The number of benzene rings is 1. The molecular weight excluding hydrogens is 348 g/mol. The summed E-state index contributed by atoms with van der Waals surface area (Å²) in [5.74, 6) is 0.434. The van der Waals surface area contributed by atoms with E-state index in [2.05, 4.69) is 15.3 Å². The van der Waals surface area contributed by atoms with Crippen LogP contribution in [0.2, 0.25) is 0 Å². The van der Waals surface area contributed by atoms with E-state index in [9.17, 15) is 4.79 Å². The molecule has 0 bridgehead atoms. The lowest BCUT2D eigenvalue weighted by Gasteiger charge is -2.05. The number of pyridine rings is 1. The van der Waals surface area contributed by atoms with E-state index in [1.165, 1.54) is 11.3 Å². The fourth-order valence-corrected chi connectivity index (χ4v) is 3.60. The maximum atomic E-state index is 12.5. The maximum absolute atomic E-state index is 12.5. The highest BCUT2D eigenvalue weighted by atomic mass is 32.1. The fraction of sp³-hybridized carbons (Fsp3) is 0.105. The Bertz CT molecular complexity index is 1100. The third-order valence-corrected chi connectivity index (χ3v) is 4.90. The number of methoxy groups -OCH3 is 1. The highest BCUT2D eigenvalue weighted by Crippen LogP contribution is 2.31. The molecule has 0 aliphatic carbocycles. The van der Waals surface area contributed by atoms with Crippen molar-refractivity contribution in [2.45, 2.75) is 0 Å². The van der Waals surface area contributed by atoms with Gasteiger partial charge in [-0.1, -0.05) is 6.07 Å². The minimum absolute atomic E-state index is 0.251. The number of ether oxygens (including phenoxy) is 1. The number of hydrogen-bond acceptors (Lipinski definition) is 5. The lowest BCUT2D eigenvalue weighted by Crippen LogP contribution is -2.12. The topological polar surface area (TPSA) is 69.0 Å². The van der Waals surface area contributed by atoms with Crippen LogP contribution in [0.3, 0.4) is 0 Å². The Labute approximate surface area is 154 Å². The number of thiazole rings is 1. The predicted octanol–water partition coefficient (Wildman–Crippen LogP) is 3.96. The second-order valence-electron chi connectivity index (χ2n) is 5.75. The average molecular weight is 364 g/mol. The molecule has 1 aromatic carbocycles. The van der Waals surface area contributed by atoms with E-state index in [0.29, 0.717) is 17.1 Å².